The Balaban J connectivity index is 2.03. The molecule has 1 unspecified atom stereocenters. The first-order valence-electron chi connectivity index (χ1n) is 6.00. The third kappa shape index (κ3) is 3.23. The third-order valence-electron chi connectivity index (χ3n) is 3.08. The molecule has 0 aliphatic carbocycles. The van der Waals surface area contributed by atoms with Gasteiger partial charge in [0.1, 0.15) is 5.82 Å². The second kappa shape index (κ2) is 5.43. The number of aromatic nitrogens is 3. The highest BCUT2D eigenvalue weighted by Gasteiger charge is 2.39. The molecule has 9 heteroatoms. The lowest BCUT2D eigenvalue weighted by atomic mass is 10.2. The lowest BCUT2D eigenvalue weighted by Crippen LogP contribution is -2.42. The van der Waals surface area contributed by atoms with Gasteiger partial charge < -0.3 is 15.4 Å². The fraction of sp³-hybridized carbons (Fsp3) is 0.800. The molecule has 1 aromatic rings. The molecule has 0 fully saturated rings. The molecule has 0 aromatic carbocycles. The van der Waals surface area contributed by atoms with Crippen LogP contribution in [-0.4, -0.2) is 50.5 Å². The first-order valence-corrected chi connectivity index (χ1v) is 6.00. The van der Waals surface area contributed by atoms with Crippen LogP contribution in [0.1, 0.15) is 18.1 Å². The van der Waals surface area contributed by atoms with Crippen LogP contribution in [0.25, 0.3) is 0 Å². The first-order chi connectivity index (χ1) is 8.91. The van der Waals surface area contributed by atoms with Gasteiger partial charge in [0.15, 0.2) is 0 Å². The molecule has 0 radical (unpaired) electrons. The average Bonchev–Trinajstić information content (AvgIpc) is 2.71. The number of nitrogens with two attached hydrogens (primary N) is 1. The van der Waals surface area contributed by atoms with Crippen molar-refractivity contribution < 1.29 is 18.3 Å². The third-order valence-corrected chi connectivity index (χ3v) is 3.08. The summed E-state index contributed by atoms with van der Waals surface area (Å²) in [7, 11) is 0. The minimum absolute atomic E-state index is 0.00338. The van der Waals surface area contributed by atoms with Crippen molar-refractivity contribution in [2.45, 2.75) is 31.7 Å². The molecule has 1 aliphatic rings. The summed E-state index contributed by atoms with van der Waals surface area (Å²) < 4.78 is 39.0. The smallest absolute Gasteiger partial charge is 0.396 e. The summed E-state index contributed by atoms with van der Waals surface area (Å²) in [4.78, 5) is 1.92. The fourth-order valence-electron chi connectivity index (χ4n) is 2.16. The number of aliphatic hydroxyl groups excluding tert-OH is 1. The number of hydrogen-bond acceptors (Lipinski definition) is 5. The number of alkyl halides is 3. The van der Waals surface area contributed by atoms with Crippen LogP contribution in [0.5, 0.6) is 0 Å². The molecule has 2 heterocycles. The highest BCUT2D eigenvalue weighted by molar-refractivity contribution is 5.02. The monoisotopic (exact) mass is 279 g/mol. The molecule has 0 saturated heterocycles. The van der Waals surface area contributed by atoms with Crippen molar-refractivity contribution in [3.05, 3.63) is 11.6 Å². The largest absolute Gasteiger partial charge is 0.451 e. The van der Waals surface area contributed by atoms with Gasteiger partial charge in [-0.3, -0.25) is 4.90 Å². The van der Waals surface area contributed by atoms with Crippen LogP contribution in [-0.2, 0) is 19.3 Å². The van der Waals surface area contributed by atoms with Gasteiger partial charge in [-0.15, -0.1) is 10.2 Å². The summed E-state index contributed by atoms with van der Waals surface area (Å²) in [6.07, 6.45) is -4.00. The van der Waals surface area contributed by atoms with Crippen LogP contribution in [0.2, 0.25) is 0 Å². The van der Waals surface area contributed by atoms with E-state index in [4.69, 9.17) is 10.8 Å². The van der Waals surface area contributed by atoms with Crippen molar-refractivity contribution in [3.63, 3.8) is 0 Å². The normalized spacial score (nSPS) is 18.4. The Morgan fingerprint density at radius 3 is 2.68 bits per heavy atom. The van der Waals surface area contributed by atoms with E-state index in [2.05, 4.69) is 10.2 Å². The Morgan fingerprint density at radius 2 is 2.05 bits per heavy atom. The molecular weight excluding hydrogens is 263 g/mol. The zero-order valence-electron chi connectivity index (χ0n) is 10.3. The molecular formula is C10H16F3N5O. The lowest BCUT2D eigenvalue weighted by molar-refractivity contribution is -0.148. The Kier molecular flexibility index (Phi) is 4.07. The van der Waals surface area contributed by atoms with Crippen LogP contribution in [0, 0.1) is 0 Å². The van der Waals surface area contributed by atoms with E-state index in [0.717, 1.165) is 4.57 Å². The van der Waals surface area contributed by atoms with E-state index in [1.54, 1.807) is 0 Å². The Labute approximate surface area is 108 Å². The van der Waals surface area contributed by atoms with Crippen LogP contribution in [0.15, 0.2) is 0 Å². The van der Waals surface area contributed by atoms with Crippen LogP contribution in [0.3, 0.4) is 0 Å². The van der Waals surface area contributed by atoms with Crippen LogP contribution >= 0.6 is 0 Å². The van der Waals surface area contributed by atoms with Crippen molar-refractivity contribution in [2.24, 2.45) is 5.73 Å². The topological polar surface area (TPSA) is 80.2 Å². The van der Waals surface area contributed by atoms with Gasteiger partial charge in [-0.25, -0.2) is 0 Å². The summed E-state index contributed by atoms with van der Waals surface area (Å²) in [5.74, 6) is -0.642. The molecule has 1 aliphatic heterocycles. The van der Waals surface area contributed by atoms with E-state index in [1.165, 1.54) is 0 Å². The van der Waals surface area contributed by atoms with E-state index in [0.29, 0.717) is 31.9 Å². The highest BCUT2D eigenvalue weighted by atomic mass is 19.4. The minimum atomic E-state index is -4.47. The van der Waals surface area contributed by atoms with Crippen LogP contribution in [0.4, 0.5) is 13.2 Å². The molecule has 0 amide bonds. The molecule has 1 aromatic heterocycles. The van der Waals surface area contributed by atoms with E-state index in [-0.39, 0.29) is 19.2 Å². The molecule has 6 nitrogen and oxygen atoms in total. The summed E-state index contributed by atoms with van der Waals surface area (Å²) >= 11 is 0. The number of nitrogens with zero attached hydrogens (tertiary/aromatic N) is 4. The van der Waals surface area contributed by atoms with E-state index in [1.807, 2.05) is 4.90 Å². The van der Waals surface area contributed by atoms with Crippen molar-refractivity contribution in [2.75, 3.05) is 19.7 Å². The second-order valence-corrected chi connectivity index (χ2v) is 4.60. The number of hydrogen-bond donors (Lipinski definition) is 2. The predicted molar refractivity (Wildman–Crippen MR) is 60.0 cm³/mol. The minimum Gasteiger partial charge on any atom is -0.396 e. The number of aliphatic hydroxyl groups is 1. The van der Waals surface area contributed by atoms with Crippen molar-refractivity contribution in [1.29, 1.82) is 0 Å². The molecule has 0 bridgehead atoms. The van der Waals surface area contributed by atoms with Crippen molar-refractivity contribution in [3.8, 4) is 0 Å². The van der Waals surface area contributed by atoms with E-state index in [9.17, 15) is 13.2 Å². The summed E-state index contributed by atoms with van der Waals surface area (Å²) in [6.45, 7) is 1.48. The predicted octanol–water partition coefficient (Wildman–Crippen LogP) is -0.178. The average molecular weight is 279 g/mol. The van der Waals surface area contributed by atoms with Gasteiger partial charge in [-0.1, -0.05) is 0 Å². The van der Waals surface area contributed by atoms with Gasteiger partial charge in [0.2, 0.25) is 5.82 Å². The zero-order chi connectivity index (χ0) is 14.0. The summed E-state index contributed by atoms with van der Waals surface area (Å²) in [5, 5.41) is 15.6. The number of halogens is 3. The van der Waals surface area contributed by atoms with Gasteiger partial charge in [0, 0.05) is 32.3 Å². The fourth-order valence-corrected chi connectivity index (χ4v) is 2.16. The summed E-state index contributed by atoms with van der Waals surface area (Å²) in [5.41, 5.74) is 5.78. The van der Waals surface area contributed by atoms with Gasteiger partial charge in [-0.2, -0.15) is 13.2 Å². The molecule has 2 rings (SSSR count). The molecule has 108 valence electrons. The lowest BCUT2D eigenvalue weighted by Gasteiger charge is -2.29. The quantitative estimate of drug-likeness (QED) is 0.799. The second-order valence-electron chi connectivity index (χ2n) is 4.60. The SMILES string of the molecule is NC(CCO)CN1CCn2c(nnc2C(F)(F)F)C1. The Bertz CT molecular complexity index is 433. The first kappa shape index (κ1) is 14.2. The van der Waals surface area contributed by atoms with Gasteiger partial charge in [0.05, 0.1) is 6.54 Å². The maximum absolute atomic E-state index is 12.6. The molecule has 3 N–H and O–H groups in total. The maximum Gasteiger partial charge on any atom is 0.451 e. The van der Waals surface area contributed by atoms with Gasteiger partial charge in [-0.05, 0) is 6.42 Å². The van der Waals surface area contributed by atoms with E-state index < -0.39 is 12.0 Å². The maximum atomic E-state index is 12.6. The Hall–Kier alpha value is -1.19. The molecule has 0 spiro atoms. The van der Waals surface area contributed by atoms with Gasteiger partial charge >= 0.3 is 6.18 Å². The van der Waals surface area contributed by atoms with Gasteiger partial charge in [0.25, 0.3) is 0 Å². The molecule has 1 atom stereocenters. The molecule has 19 heavy (non-hydrogen) atoms. The summed E-state index contributed by atoms with van der Waals surface area (Å²) in [6, 6.07) is -0.193. The van der Waals surface area contributed by atoms with Crippen molar-refractivity contribution >= 4 is 0 Å². The standard InChI is InChI=1S/C10H16F3N5O/c11-10(12,13)9-16-15-8-6-17(2-3-18(8)9)5-7(14)1-4-19/h7,19H,1-6,14H2. The Morgan fingerprint density at radius 1 is 1.32 bits per heavy atom. The van der Waals surface area contributed by atoms with Crippen LogP contribution < -0.4 is 5.73 Å². The van der Waals surface area contributed by atoms with Crippen molar-refractivity contribution in [1.82, 2.24) is 19.7 Å². The molecule has 0 saturated carbocycles. The zero-order valence-corrected chi connectivity index (χ0v) is 10.3. The van der Waals surface area contributed by atoms with E-state index >= 15 is 0 Å². The highest BCUT2D eigenvalue weighted by Crippen LogP contribution is 2.29. The number of rotatable bonds is 4. The number of fused-ring (bicyclic) bond motifs is 1.